The van der Waals surface area contributed by atoms with Gasteiger partial charge in [-0.15, -0.1) is 0 Å². The largest absolute Gasteiger partial charge is 0.456 e. The fourth-order valence-electron chi connectivity index (χ4n) is 8.85. The van der Waals surface area contributed by atoms with Gasteiger partial charge in [-0.05, 0) is 51.1 Å². The molecule has 0 fully saturated rings. The molecule has 9 aromatic rings. The van der Waals surface area contributed by atoms with Gasteiger partial charge in [0.2, 0.25) is 0 Å². The summed E-state index contributed by atoms with van der Waals surface area (Å²) >= 11 is 0. The monoisotopic (exact) mass is 714 g/mol. The minimum Gasteiger partial charge on any atom is -0.456 e. The van der Waals surface area contributed by atoms with Crippen LogP contribution in [0.3, 0.4) is 0 Å². The molecule has 0 radical (unpaired) electrons. The lowest BCUT2D eigenvalue weighted by molar-refractivity contribution is 0.438. The van der Waals surface area contributed by atoms with Crippen LogP contribution in [0.4, 0.5) is 0 Å². The Morgan fingerprint density at radius 2 is 0.768 bits per heavy atom. The summed E-state index contributed by atoms with van der Waals surface area (Å²) in [5, 5.41) is 0. The summed E-state index contributed by atoms with van der Waals surface area (Å²) in [5.74, 6) is 2.50. The maximum Gasteiger partial charge on any atom is 0.160 e. The number of hydrogen-bond donors (Lipinski definition) is 0. The first-order valence-corrected chi connectivity index (χ1v) is 19.1. The molecule has 8 aromatic carbocycles. The Hall–Kier alpha value is -7.36. The van der Waals surface area contributed by atoms with Gasteiger partial charge in [0.15, 0.2) is 5.82 Å². The summed E-state index contributed by atoms with van der Waals surface area (Å²) in [4.78, 5) is 10.0. The van der Waals surface area contributed by atoms with Crippen molar-refractivity contribution in [2.24, 2.45) is 0 Å². The van der Waals surface area contributed by atoms with E-state index in [0.29, 0.717) is 5.82 Å². The lowest BCUT2D eigenvalue weighted by atomic mass is 9.65. The highest BCUT2D eigenvalue weighted by Gasteiger charge is 2.51. The van der Waals surface area contributed by atoms with Gasteiger partial charge >= 0.3 is 0 Å². The Morgan fingerprint density at radius 3 is 1.36 bits per heavy atom. The maximum absolute atomic E-state index is 6.91. The van der Waals surface area contributed by atoms with E-state index in [1.165, 1.54) is 33.4 Å². The minimum absolute atomic E-state index is 0.485. The van der Waals surface area contributed by atoms with Gasteiger partial charge in [-0.3, -0.25) is 0 Å². The van der Waals surface area contributed by atoms with Crippen molar-refractivity contribution >= 4 is 0 Å². The molecule has 2 heterocycles. The molecule has 3 nitrogen and oxygen atoms in total. The number of ether oxygens (including phenoxy) is 1. The highest BCUT2D eigenvalue weighted by molar-refractivity contribution is 5.90. The second-order valence-corrected chi connectivity index (χ2v) is 14.5. The fourth-order valence-corrected chi connectivity index (χ4v) is 8.85. The molecule has 1 aromatic heterocycles. The smallest absolute Gasteiger partial charge is 0.160 e. The van der Waals surface area contributed by atoms with Gasteiger partial charge in [0, 0.05) is 33.4 Å². The number of hydrogen-bond acceptors (Lipinski definition) is 3. The van der Waals surface area contributed by atoms with E-state index in [2.05, 4.69) is 170 Å². The van der Waals surface area contributed by atoms with Crippen LogP contribution in [0.2, 0.25) is 0 Å². The van der Waals surface area contributed by atoms with Crippen LogP contribution in [-0.2, 0) is 5.41 Å². The van der Waals surface area contributed by atoms with Gasteiger partial charge in [0.05, 0.1) is 16.8 Å². The van der Waals surface area contributed by atoms with E-state index < -0.39 is 5.41 Å². The molecule has 3 heteroatoms. The van der Waals surface area contributed by atoms with E-state index in [1.807, 2.05) is 36.4 Å². The quantitative estimate of drug-likeness (QED) is 0.178. The van der Waals surface area contributed by atoms with Gasteiger partial charge in [-0.25, -0.2) is 9.97 Å². The Morgan fingerprint density at radius 1 is 0.321 bits per heavy atom. The lowest BCUT2D eigenvalue weighted by Crippen LogP contribution is -2.32. The summed E-state index contributed by atoms with van der Waals surface area (Å²) in [6.45, 7) is 0. The molecular formula is C53H34N2O. The molecule has 1 aliphatic heterocycles. The molecule has 2 aliphatic rings. The number of benzene rings is 8. The van der Waals surface area contributed by atoms with Crippen LogP contribution in [0.15, 0.2) is 206 Å². The third kappa shape index (κ3) is 4.98. The van der Waals surface area contributed by atoms with E-state index in [4.69, 9.17) is 14.7 Å². The van der Waals surface area contributed by atoms with Gasteiger partial charge in [0.1, 0.15) is 11.5 Å². The zero-order valence-corrected chi connectivity index (χ0v) is 30.4. The van der Waals surface area contributed by atoms with Crippen molar-refractivity contribution in [2.75, 3.05) is 0 Å². The molecule has 0 saturated carbocycles. The van der Waals surface area contributed by atoms with Crippen molar-refractivity contribution in [2.45, 2.75) is 5.41 Å². The molecule has 1 aliphatic carbocycles. The summed E-state index contributed by atoms with van der Waals surface area (Å²) in [6.07, 6.45) is 0. The molecule has 0 N–H and O–H groups in total. The Labute approximate surface area is 326 Å². The second kappa shape index (κ2) is 12.9. The molecule has 1 spiro atoms. The van der Waals surface area contributed by atoms with Crippen LogP contribution in [0.25, 0.3) is 67.3 Å². The molecule has 0 atom stereocenters. The molecule has 0 bridgehead atoms. The highest BCUT2D eigenvalue weighted by Crippen LogP contribution is 2.63. The average molecular weight is 715 g/mol. The molecule has 0 amide bonds. The van der Waals surface area contributed by atoms with Gasteiger partial charge < -0.3 is 4.74 Å². The van der Waals surface area contributed by atoms with Gasteiger partial charge in [-0.2, -0.15) is 0 Å². The minimum atomic E-state index is -0.485. The van der Waals surface area contributed by atoms with Crippen molar-refractivity contribution in [3.05, 3.63) is 229 Å². The highest BCUT2D eigenvalue weighted by atomic mass is 16.5. The van der Waals surface area contributed by atoms with Crippen LogP contribution < -0.4 is 4.74 Å². The first kappa shape index (κ1) is 32.1. The molecule has 262 valence electrons. The number of rotatable bonds is 5. The molecular weight excluding hydrogens is 681 g/mol. The van der Waals surface area contributed by atoms with Crippen LogP contribution in [-0.4, -0.2) is 9.97 Å². The van der Waals surface area contributed by atoms with Crippen molar-refractivity contribution in [1.82, 2.24) is 9.97 Å². The summed E-state index contributed by atoms with van der Waals surface area (Å²) in [5.41, 5.74) is 16.3. The first-order chi connectivity index (χ1) is 27.8. The van der Waals surface area contributed by atoms with E-state index in [0.717, 1.165) is 61.8 Å². The topological polar surface area (TPSA) is 35.0 Å². The zero-order chi connectivity index (χ0) is 37.1. The number of nitrogens with zero attached hydrogens (tertiary/aromatic N) is 2. The van der Waals surface area contributed by atoms with Crippen LogP contribution in [0, 0.1) is 0 Å². The normalized spacial score (nSPS) is 12.9. The van der Waals surface area contributed by atoms with E-state index in [9.17, 15) is 0 Å². The third-order valence-corrected chi connectivity index (χ3v) is 11.4. The first-order valence-electron chi connectivity index (χ1n) is 19.1. The summed E-state index contributed by atoms with van der Waals surface area (Å²) in [6, 6.07) is 73.0. The van der Waals surface area contributed by atoms with Gasteiger partial charge in [0.25, 0.3) is 0 Å². The van der Waals surface area contributed by atoms with E-state index in [-0.39, 0.29) is 0 Å². The Balaban J connectivity index is 0.965. The fraction of sp³-hybridized carbons (Fsp3) is 0.0189. The van der Waals surface area contributed by atoms with E-state index >= 15 is 0 Å². The van der Waals surface area contributed by atoms with Crippen LogP contribution >= 0.6 is 0 Å². The number of fused-ring (bicyclic) bond motifs is 9. The third-order valence-electron chi connectivity index (χ3n) is 11.4. The predicted octanol–water partition coefficient (Wildman–Crippen LogP) is 13.3. The second-order valence-electron chi connectivity index (χ2n) is 14.5. The van der Waals surface area contributed by atoms with Crippen LogP contribution in [0.1, 0.15) is 22.3 Å². The summed E-state index contributed by atoms with van der Waals surface area (Å²) < 4.78 is 6.91. The van der Waals surface area contributed by atoms with Crippen molar-refractivity contribution in [3.8, 4) is 78.8 Å². The van der Waals surface area contributed by atoms with Crippen molar-refractivity contribution in [1.29, 1.82) is 0 Å². The Kier molecular flexibility index (Phi) is 7.39. The molecule has 0 unspecified atom stereocenters. The lowest BCUT2D eigenvalue weighted by Gasteiger charge is -2.40. The summed E-state index contributed by atoms with van der Waals surface area (Å²) in [7, 11) is 0. The van der Waals surface area contributed by atoms with Crippen LogP contribution in [0.5, 0.6) is 11.5 Å². The van der Waals surface area contributed by atoms with Crippen molar-refractivity contribution in [3.63, 3.8) is 0 Å². The average Bonchev–Trinajstić information content (AvgIpc) is 3.57. The Bertz CT molecular complexity index is 2810. The predicted molar refractivity (Wildman–Crippen MR) is 227 cm³/mol. The van der Waals surface area contributed by atoms with E-state index in [1.54, 1.807) is 0 Å². The van der Waals surface area contributed by atoms with Gasteiger partial charge in [-0.1, -0.05) is 194 Å². The maximum atomic E-state index is 6.91. The number of para-hydroxylation sites is 2. The van der Waals surface area contributed by atoms with Crippen molar-refractivity contribution < 1.29 is 4.74 Å². The SMILES string of the molecule is c1ccc(-c2cc(-c3ccccc3)nc(-c3ccc(-c4ccc(-c5cccc6c5Oc5ccccc5C65c6ccccc6-c6ccccc65)cc4)cc3)n2)cc1. The standard InChI is InChI=1S/C53H34N2O/c1-3-14-38(15-4-1)48-34-49(39-16-5-2-6-17-39)55-52(54-48)40-32-28-36(29-33-40)35-26-30-37(31-27-35)41-20-13-24-47-51(41)56-50-25-12-11-23-46(50)53(47)44-21-9-7-18-42(44)43-19-8-10-22-45(43)53/h1-34H. The molecule has 56 heavy (non-hydrogen) atoms. The molecule has 11 rings (SSSR count). The zero-order valence-electron chi connectivity index (χ0n) is 30.4. The molecule has 0 saturated heterocycles. The number of aromatic nitrogens is 2.